The van der Waals surface area contributed by atoms with Crippen LogP contribution in [0.5, 0.6) is 0 Å². The number of hydrogen-bond acceptors (Lipinski definition) is 2. The van der Waals surface area contributed by atoms with Crippen LogP contribution < -0.4 is 0 Å². The van der Waals surface area contributed by atoms with Gasteiger partial charge in [0.05, 0.1) is 6.10 Å². The van der Waals surface area contributed by atoms with Crippen molar-refractivity contribution in [1.82, 2.24) is 0 Å². The summed E-state index contributed by atoms with van der Waals surface area (Å²) in [6.07, 6.45) is 2.01. The molecule has 0 aromatic carbocycles. The number of hydrogen-bond donors (Lipinski definition) is 1. The van der Waals surface area contributed by atoms with Gasteiger partial charge in [-0.3, -0.25) is 0 Å². The van der Waals surface area contributed by atoms with E-state index in [1.807, 2.05) is 6.92 Å². The van der Waals surface area contributed by atoms with E-state index in [0.717, 1.165) is 19.1 Å². The summed E-state index contributed by atoms with van der Waals surface area (Å²) >= 11 is 0. The van der Waals surface area contributed by atoms with Crippen LogP contribution in [0.15, 0.2) is 0 Å². The van der Waals surface area contributed by atoms with Crippen molar-refractivity contribution in [2.75, 3.05) is 0 Å². The van der Waals surface area contributed by atoms with Crippen molar-refractivity contribution in [2.45, 2.75) is 32.8 Å². The van der Waals surface area contributed by atoms with Crippen LogP contribution in [0.1, 0.15) is 26.7 Å². The van der Waals surface area contributed by atoms with Gasteiger partial charge in [-0.25, -0.2) is 0 Å². The molecule has 0 aromatic heterocycles. The minimum absolute atomic E-state index is 0.204. The Morgan fingerprint density at radius 3 is 2.56 bits per heavy atom. The highest BCUT2D eigenvalue weighted by Crippen LogP contribution is 2.05. The van der Waals surface area contributed by atoms with Gasteiger partial charge in [-0.1, -0.05) is 20.3 Å². The van der Waals surface area contributed by atoms with Crippen LogP contribution in [0.2, 0.25) is 0 Å². The normalized spacial score (nSPS) is 16.8. The molecule has 0 aromatic rings. The summed E-state index contributed by atoms with van der Waals surface area (Å²) in [5.74, 6) is -0.204. The van der Waals surface area contributed by atoms with Gasteiger partial charge in [-0.2, -0.15) is 0 Å². The van der Waals surface area contributed by atoms with E-state index in [1.54, 1.807) is 6.92 Å². The summed E-state index contributed by atoms with van der Waals surface area (Å²) in [5.41, 5.74) is 0. The van der Waals surface area contributed by atoms with Crippen molar-refractivity contribution in [1.29, 1.82) is 0 Å². The number of aldehydes is 1. The lowest BCUT2D eigenvalue weighted by Crippen LogP contribution is -2.17. The molecule has 54 valence electrons. The van der Waals surface area contributed by atoms with Crippen molar-refractivity contribution in [3.63, 3.8) is 0 Å². The molecule has 0 radical (unpaired) electrons. The summed E-state index contributed by atoms with van der Waals surface area (Å²) < 4.78 is 0. The molecule has 0 amide bonds. The number of carbonyl (C=O) groups is 1. The van der Waals surface area contributed by atoms with Gasteiger partial charge in [0, 0.05) is 5.92 Å². The molecule has 0 bridgehead atoms. The zero-order valence-corrected chi connectivity index (χ0v) is 6.00. The molecule has 0 saturated heterocycles. The lowest BCUT2D eigenvalue weighted by atomic mass is 10.0. The van der Waals surface area contributed by atoms with E-state index >= 15 is 0 Å². The number of carbonyl (C=O) groups excluding carboxylic acids is 1. The number of rotatable bonds is 4. The first-order valence-electron chi connectivity index (χ1n) is 3.35. The van der Waals surface area contributed by atoms with Crippen molar-refractivity contribution in [3.8, 4) is 0 Å². The summed E-state index contributed by atoms with van der Waals surface area (Å²) in [6, 6.07) is 0. The summed E-state index contributed by atoms with van der Waals surface area (Å²) in [7, 11) is 0. The molecule has 0 heterocycles. The minimum atomic E-state index is -0.438. The van der Waals surface area contributed by atoms with Gasteiger partial charge in [-0.05, 0) is 6.42 Å². The first kappa shape index (κ1) is 8.63. The van der Waals surface area contributed by atoms with Gasteiger partial charge in [-0.15, -0.1) is 0 Å². The Hall–Kier alpha value is -0.370. The largest absolute Gasteiger partial charge is 0.392 e. The van der Waals surface area contributed by atoms with E-state index in [0.29, 0.717) is 0 Å². The Morgan fingerprint density at radius 1 is 1.67 bits per heavy atom. The highest BCUT2D eigenvalue weighted by Gasteiger charge is 2.10. The van der Waals surface area contributed by atoms with Crippen LogP contribution in [0.25, 0.3) is 0 Å². The average molecular weight is 130 g/mol. The van der Waals surface area contributed by atoms with Crippen LogP contribution in [-0.2, 0) is 4.79 Å². The summed E-state index contributed by atoms with van der Waals surface area (Å²) in [5, 5.41) is 9.09. The quantitative estimate of drug-likeness (QED) is 0.576. The van der Waals surface area contributed by atoms with Crippen molar-refractivity contribution < 1.29 is 9.90 Å². The molecule has 2 heteroatoms. The Balaban J connectivity index is 3.44. The fourth-order valence-corrected chi connectivity index (χ4v) is 0.649. The van der Waals surface area contributed by atoms with Crippen LogP contribution >= 0.6 is 0 Å². The topological polar surface area (TPSA) is 37.3 Å². The molecule has 2 nitrogen and oxygen atoms in total. The third-order valence-electron chi connectivity index (χ3n) is 1.41. The molecule has 2 atom stereocenters. The van der Waals surface area contributed by atoms with Crippen molar-refractivity contribution >= 4 is 6.29 Å². The zero-order chi connectivity index (χ0) is 7.28. The summed E-state index contributed by atoms with van der Waals surface area (Å²) in [4.78, 5) is 10.1. The van der Waals surface area contributed by atoms with Crippen LogP contribution in [0.4, 0.5) is 0 Å². The second-order valence-electron chi connectivity index (χ2n) is 2.35. The lowest BCUT2D eigenvalue weighted by Gasteiger charge is -2.10. The SMILES string of the molecule is CCC[C@@H](O)[C@H](C)C=O. The Morgan fingerprint density at radius 2 is 2.22 bits per heavy atom. The third kappa shape index (κ3) is 3.25. The Kier molecular flexibility index (Phi) is 4.32. The van der Waals surface area contributed by atoms with Crippen molar-refractivity contribution in [2.24, 2.45) is 5.92 Å². The molecular formula is C7H14O2. The van der Waals surface area contributed by atoms with E-state index in [4.69, 9.17) is 5.11 Å². The van der Waals surface area contributed by atoms with Gasteiger partial charge < -0.3 is 9.90 Å². The predicted octanol–water partition coefficient (Wildman–Crippen LogP) is 0.982. The van der Waals surface area contributed by atoms with Crippen molar-refractivity contribution in [3.05, 3.63) is 0 Å². The Bertz CT molecular complexity index is 81.0. The van der Waals surface area contributed by atoms with Gasteiger partial charge >= 0.3 is 0 Å². The highest BCUT2D eigenvalue weighted by molar-refractivity contribution is 5.53. The molecule has 0 aliphatic rings. The van der Waals surface area contributed by atoms with E-state index < -0.39 is 6.10 Å². The summed E-state index contributed by atoms with van der Waals surface area (Å²) in [6.45, 7) is 3.72. The fraction of sp³-hybridized carbons (Fsp3) is 0.857. The predicted molar refractivity (Wildman–Crippen MR) is 36.1 cm³/mol. The van der Waals surface area contributed by atoms with E-state index in [9.17, 15) is 4.79 Å². The maximum Gasteiger partial charge on any atom is 0.125 e. The first-order valence-corrected chi connectivity index (χ1v) is 3.35. The lowest BCUT2D eigenvalue weighted by molar-refractivity contribution is -0.113. The van der Waals surface area contributed by atoms with Crippen LogP contribution in [-0.4, -0.2) is 17.5 Å². The number of aliphatic hydroxyl groups excluding tert-OH is 1. The smallest absolute Gasteiger partial charge is 0.125 e. The monoisotopic (exact) mass is 130 g/mol. The van der Waals surface area contributed by atoms with E-state index in [-0.39, 0.29) is 5.92 Å². The molecule has 0 unspecified atom stereocenters. The molecule has 0 aliphatic heterocycles. The van der Waals surface area contributed by atoms with Gasteiger partial charge in [0.2, 0.25) is 0 Å². The van der Waals surface area contributed by atoms with E-state index in [1.165, 1.54) is 0 Å². The first-order chi connectivity index (χ1) is 4.22. The molecule has 9 heavy (non-hydrogen) atoms. The van der Waals surface area contributed by atoms with Crippen LogP contribution in [0.3, 0.4) is 0 Å². The molecule has 0 aliphatic carbocycles. The zero-order valence-electron chi connectivity index (χ0n) is 6.00. The fourth-order valence-electron chi connectivity index (χ4n) is 0.649. The molecule has 0 saturated carbocycles. The standard InChI is InChI=1S/C7H14O2/c1-3-4-7(9)6(2)5-8/h5-7,9H,3-4H2,1-2H3/t6-,7-/m1/s1. The molecular weight excluding hydrogens is 116 g/mol. The second kappa shape index (κ2) is 4.50. The molecule has 0 spiro atoms. The van der Waals surface area contributed by atoms with Gasteiger partial charge in [0.25, 0.3) is 0 Å². The Labute approximate surface area is 55.9 Å². The number of aliphatic hydroxyl groups is 1. The second-order valence-corrected chi connectivity index (χ2v) is 2.35. The average Bonchev–Trinajstić information content (AvgIpc) is 1.87. The molecule has 0 fully saturated rings. The van der Waals surface area contributed by atoms with Crippen LogP contribution in [0, 0.1) is 5.92 Å². The third-order valence-corrected chi connectivity index (χ3v) is 1.41. The highest BCUT2D eigenvalue weighted by atomic mass is 16.3. The molecule has 0 rings (SSSR count). The maximum atomic E-state index is 10.1. The minimum Gasteiger partial charge on any atom is -0.392 e. The van der Waals surface area contributed by atoms with Gasteiger partial charge in [0.15, 0.2) is 0 Å². The van der Waals surface area contributed by atoms with Gasteiger partial charge in [0.1, 0.15) is 6.29 Å². The molecule has 1 N–H and O–H groups in total. The maximum absolute atomic E-state index is 10.1. The van der Waals surface area contributed by atoms with E-state index in [2.05, 4.69) is 0 Å².